The predicted octanol–water partition coefficient (Wildman–Crippen LogP) is 1.46. The largest absolute Gasteiger partial charge is 0.389 e. The minimum Gasteiger partial charge on any atom is -0.389 e. The van der Waals surface area contributed by atoms with Crippen LogP contribution in [0.25, 0.3) is 0 Å². The molecule has 1 aromatic heterocycles. The molecule has 0 spiro atoms. The fraction of sp³-hybridized carbons (Fsp3) is 0.500. The number of anilines is 2. The van der Waals surface area contributed by atoms with E-state index in [-0.39, 0.29) is 6.04 Å². The van der Waals surface area contributed by atoms with Crippen LogP contribution in [0.1, 0.15) is 13.3 Å². The summed E-state index contributed by atoms with van der Waals surface area (Å²) in [6.45, 7) is 1.99. The molecule has 0 aliphatic rings. The van der Waals surface area contributed by atoms with Crippen LogP contribution in [-0.2, 0) is 0 Å². The van der Waals surface area contributed by atoms with Crippen molar-refractivity contribution in [2.75, 3.05) is 17.7 Å². The van der Waals surface area contributed by atoms with Gasteiger partial charge in [0.25, 0.3) is 0 Å². The third-order valence-corrected chi connectivity index (χ3v) is 2.78. The molecular weight excluding hydrogens is 184 g/mol. The van der Waals surface area contributed by atoms with Crippen LogP contribution in [-0.4, -0.2) is 18.1 Å². The number of nitriles is 1. The first-order valence-electron chi connectivity index (χ1n) is 3.96. The van der Waals surface area contributed by atoms with Crippen molar-refractivity contribution in [1.82, 2.24) is 4.98 Å². The third-order valence-electron chi connectivity index (χ3n) is 1.86. The summed E-state index contributed by atoms with van der Waals surface area (Å²) in [5.41, 5.74) is 5.55. The molecule has 1 heterocycles. The van der Waals surface area contributed by atoms with Crippen molar-refractivity contribution >= 4 is 21.5 Å². The lowest BCUT2D eigenvalue weighted by atomic mass is 10.2. The molecule has 5 heteroatoms. The van der Waals surface area contributed by atoms with Gasteiger partial charge in [0.1, 0.15) is 5.00 Å². The van der Waals surface area contributed by atoms with Crippen molar-refractivity contribution in [3.63, 3.8) is 0 Å². The third kappa shape index (κ3) is 2.33. The Hall–Kier alpha value is -1.28. The first kappa shape index (κ1) is 9.81. The topological polar surface area (TPSA) is 65.9 Å². The average Bonchev–Trinajstić information content (AvgIpc) is 2.51. The van der Waals surface area contributed by atoms with E-state index in [9.17, 15) is 0 Å². The second-order valence-electron chi connectivity index (χ2n) is 2.87. The number of nitrogens with two attached hydrogens (primary N) is 1. The van der Waals surface area contributed by atoms with Gasteiger partial charge in [0, 0.05) is 13.1 Å². The molecule has 0 amide bonds. The molecular formula is C8H12N4S. The molecule has 4 nitrogen and oxygen atoms in total. The highest BCUT2D eigenvalue weighted by Crippen LogP contribution is 2.24. The van der Waals surface area contributed by atoms with Crippen molar-refractivity contribution < 1.29 is 0 Å². The maximum atomic E-state index is 8.52. The second-order valence-corrected chi connectivity index (χ2v) is 3.91. The first-order valence-corrected chi connectivity index (χ1v) is 4.78. The summed E-state index contributed by atoms with van der Waals surface area (Å²) in [6, 6.07) is 2.31. The Bertz CT molecular complexity index is 314. The zero-order chi connectivity index (χ0) is 9.84. The van der Waals surface area contributed by atoms with Crippen LogP contribution < -0.4 is 10.6 Å². The highest BCUT2D eigenvalue weighted by atomic mass is 32.1. The van der Waals surface area contributed by atoms with E-state index in [0.717, 1.165) is 5.13 Å². The Morgan fingerprint density at radius 3 is 3.00 bits per heavy atom. The zero-order valence-corrected chi connectivity index (χ0v) is 8.51. The molecule has 1 unspecified atom stereocenters. The molecule has 0 aliphatic heterocycles. The zero-order valence-electron chi connectivity index (χ0n) is 7.69. The second kappa shape index (κ2) is 4.10. The molecule has 2 N–H and O–H groups in total. The van der Waals surface area contributed by atoms with Gasteiger partial charge >= 0.3 is 0 Å². The Morgan fingerprint density at radius 2 is 2.54 bits per heavy atom. The molecule has 0 fully saturated rings. The maximum absolute atomic E-state index is 8.52. The van der Waals surface area contributed by atoms with Crippen LogP contribution >= 0.6 is 11.3 Å². The van der Waals surface area contributed by atoms with Crippen LogP contribution in [0.2, 0.25) is 0 Å². The van der Waals surface area contributed by atoms with E-state index >= 15 is 0 Å². The van der Waals surface area contributed by atoms with E-state index in [2.05, 4.69) is 11.1 Å². The number of nitrogen functional groups attached to an aromatic ring is 1. The summed E-state index contributed by atoms with van der Waals surface area (Å²) in [4.78, 5) is 6.09. The minimum atomic E-state index is 0.176. The molecule has 0 saturated carbocycles. The predicted molar refractivity (Wildman–Crippen MR) is 54.6 cm³/mol. The van der Waals surface area contributed by atoms with E-state index in [1.165, 1.54) is 11.3 Å². The van der Waals surface area contributed by atoms with Crippen LogP contribution in [0.15, 0.2) is 6.20 Å². The normalized spacial score (nSPS) is 12.1. The van der Waals surface area contributed by atoms with Gasteiger partial charge in [-0.2, -0.15) is 5.26 Å². The van der Waals surface area contributed by atoms with E-state index in [0.29, 0.717) is 11.4 Å². The highest BCUT2D eigenvalue weighted by molar-refractivity contribution is 7.19. The summed E-state index contributed by atoms with van der Waals surface area (Å²) in [5.74, 6) is 0. The van der Waals surface area contributed by atoms with Gasteiger partial charge in [0.05, 0.1) is 18.7 Å². The van der Waals surface area contributed by atoms with Gasteiger partial charge in [-0.3, -0.25) is 0 Å². The maximum Gasteiger partial charge on any atom is 0.187 e. The van der Waals surface area contributed by atoms with Gasteiger partial charge in [-0.05, 0) is 6.92 Å². The quantitative estimate of drug-likeness (QED) is 0.794. The molecule has 0 radical (unpaired) electrons. The number of nitrogens with zero attached hydrogens (tertiary/aromatic N) is 3. The van der Waals surface area contributed by atoms with Gasteiger partial charge in [-0.1, -0.05) is 11.3 Å². The van der Waals surface area contributed by atoms with Crippen LogP contribution in [0.5, 0.6) is 0 Å². The van der Waals surface area contributed by atoms with Gasteiger partial charge in [-0.15, -0.1) is 0 Å². The van der Waals surface area contributed by atoms with Gasteiger partial charge in [-0.25, -0.2) is 4.98 Å². The van der Waals surface area contributed by atoms with Crippen LogP contribution in [0, 0.1) is 11.3 Å². The molecule has 1 atom stereocenters. The van der Waals surface area contributed by atoms with Crippen molar-refractivity contribution in [1.29, 1.82) is 5.26 Å². The summed E-state index contributed by atoms with van der Waals surface area (Å²) in [6.07, 6.45) is 2.13. The fourth-order valence-corrected chi connectivity index (χ4v) is 1.64. The Balaban J connectivity index is 2.68. The SMILES string of the molecule is CC(CC#N)N(C)c1ncc(N)s1. The molecule has 70 valence electrons. The lowest BCUT2D eigenvalue weighted by Gasteiger charge is -2.21. The number of rotatable bonds is 3. The molecule has 0 aliphatic carbocycles. The molecule has 1 aromatic rings. The Morgan fingerprint density at radius 1 is 1.85 bits per heavy atom. The summed E-state index contributed by atoms with van der Waals surface area (Å²) in [7, 11) is 1.92. The van der Waals surface area contributed by atoms with Crippen molar-refractivity contribution in [2.24, 2.45) is 0 Å². The number of hydrogen-bond donors (Lipinski definition) is 1. The van der Waals surface area contributed by atoms with Gasteiger partial charge < -0.3 is 10.6 Å². The highest BCUT2D eigenvalue weighted by Gasteiger charge is 2.12. The standard InChI is InChI=1S/C8H12N4S/c1-6(3-4-9)12(2)8-11-5-7(10)13-8/h5-6H,3,10H2,1-2H3. The minimum absolute atomic E-state index is 0.176. The lowest BCUT2D eigenvalue weighted by Crippen LogP contribution is -2.28. The average molecular weight is 196 g/mol. The summed E-state index contributed by atoms with van der Waals surface area (Å²) >= 11 is 1.43. The Labute approximate surface area is 81.6 Å². The molecule has 1 rings (SSSR count). The summed E-state index contributed by atoms with van der Waals surface area (Å²) in [5, 5.41) is 10.1. The Kier molecular flexibility index (Phi) is 3.09. The van der Waals surface area contributed by atoms with E-state index in [1.807, 2.05) is 18.9 Å². The molecule has 0 saturated heterocycles. The van der Waals surface area contributed by atoms with E-state index < -0.39 is 0 Å². The van der Waals surface area contributed by atoms with E-state index in [1.54, 1.807) is 6.20 Å². The number of aromatic nitrogens is 1. The fourth-order valence-electron chi connectivity index (χ4n) is 0.898. The number of hydrogen-bond acceptors (Lipinski definition) is 5. The van der Waals surface area contributed by atoms with Gasteiger partial charge in [0.2, 0.25) is 0 Å². The van der Waals surface area contributed by atoms with Crippen molar-refractivity contribution in [3.8, 4) is 6.07 Å². The molecule has 0 aromatic carbocycles. The van der Waals surface area contributed by atoms with Crippen molar-refractivity contribution in [2.45, 2.75) is 19.4 Å². The smallest absolute Gasteiger partial charge is 0.187 e. The van der Waals surface area contributed by atoms with E-state index in [4.69, 9.17) is 11.0 Å². The molecule has 13 heavy (non-hydrogen) atoms. The lowest BCUT2D eigenvalue weighted by molar-refractivity contribution is 0.700. The monoisotopic (exact) mass is 196 g/mol. The van der Waals surface area contributed by atoms with Crippen LogP contribution in [0.3, 0.4) is 0 Å². The molecule has 0 bridgehead atoms. The van der Waals surface area contributed by atoms with Gasteiger partial charge in [0.15, 0.2) is 5.13 Å². The number of thiazole rings is 1. The van der Waals surface area contributed by atoms with Crippen molar-refractivity contribution in [3.05, 3.63) is 6.20 Å². The van der Waals surface area contributed by atoms with Crippen LogP contribution in [0.4, 0.5) is 10.1 Å². The summed E-state index contributed by atoms with van der Waals surface area (Å²) < 4.78 is 0. The first-order chi connectivity index (χ1) is 6.15.